The van der Waals surface area contributed by atoms with Crippen molar-refractivity contribution < 1.29 is 19.4 Å². The van der Waals surface area contributed by atoms with E-state index in [2.05, 4.69) is 17.2 Å². The Morgan fingerprint density at radius 1 is 1.45 bits per heavy atom. The van der Waals surface area contributed by atoms with E-state index in [0.717, 1.165) is 5.56 Å². The molecule has 20 heavy (non-hydrogen) atoms. The SMILES string of the molecule is C=CCC(NC(=O)NCc1ccccc1OC)C(=O)O. The van der Waals surface area contributed by atoms with E-state index in [-0.39, 0.29) is 13.0 Å². The topological polar surface area (TPSA) is 87.7 Å². The standard InChI is InChI=1S/C14H18N2O4/c1-3-6-11(13(17)18)16-14(19)15-9-10-7-4-5-8-12(10)20-2/h3-5,7-8,11H,1,6,9H2,2H3,(H,17,18)(H2,15,16,19). The average molecular weight is 278 g/mol. The van der Waals surface area contributed by atoms with Crippen LogP contribution in [0.15, 0.2) is 36.9 Å². The van der Waals surface area contributed by atoms with Gasteiger partial charge in [-0.1, -0.05) is 24.3 Å². The minimum absolute atomic E-state index is 0.164. The molecule has 1 unspecified atom stereocenters. The number of carboxylic acid groups (broad SMARTS) is 1. The molecule has 0 radical (unpaired) electrons. The normalized spacial score (nSPS) is 11.2. The first-order chi connectivity index (χ1) is 9.58. The Labute approximate surface area is 117 Å². The van der Waals surface area contributed by atoms with E-state index in [1.54, 1.807) is 13.2 Å². The minimum Gasteiger partial charge on any atom is -0.496 e. The van der Waals surface area contributed by atoms with Crippen LogP contribution in [-0.2, 0) is 11.3 Å². The van der Waals surface area contributed by atoms with Crippen molar-refractivity contribution >= 4 is 12.0 Å². The summed E-state index contributed by atoms with van der Waals surface area (Å²) >= 11 is 0. The van der Waals surface area contributed by atoms with Crippen molar-refractivity contribution in [1.82, 2.24) is 10.6 Å². The monoisotopic (exact) mass is 278 g/mol. The van der Waals surface area contributed by atoms with Crippen molar-refractivity contribution in [2.45, 2.75) is 19.0 Å². The van der Waals surface area contributed by atoms with Gasteiger partial charge in [-0.05, 0) is 12.5 Å². The molecule has 0 saturated carbocycles. The number of methoxy groups -OCH3 is 1. The number of amides is 2. The van der Waals surface area contributed by atoms with Gasteiger partial charge in [0.1, 0.15) is 11.8 Å². The average Bonchev–Trinajstić information content (AvgIpc) is 2.44. The van der Waals surface area contributed by atoms with Crippen LogP contribution in [0.25, 0.3) is 0 Å². The Hall–Kier alpha value is -2.50. The highest BCUT2D eigenvalue weighted by atomic mass is 16.5. The maximum Gasteiger partial charge on any atom is 0.326 e. The Balaban J connectivity index is 2.54. The number of hydrogen-bond donors (Lipinski definition) is 3. The molecule has 3 N–H and O–H groups in total. The van der Waals surface area contributed by atoms with Gasteiger partial charge in [0.25, 0.3) is 0 Å². The molecule has 2 amide bonds. The molecule has 0 heterocycles. The number of aliphatic carboxylic acids is 1. The number of rotatable bonds is 7. The van der Waals surface area contributed by atoms with E-state index in [9.17, 15) is 9.59 Å². The van der Waals surface area contributed by atoms with Crippen molar-refractivity contribution in [3.8, 4) is 5.75 Å². The highest BCUT2D eigenvalue weighted by molar-refractivity contribution is 5.82. The molecule has 108 valence electrons. The number of para-hydroxylation sites is 1. The van der Waals surface area contributed by atoms with Gasteiger partial charge < -0.3 is 20.5 Å². The molecular formula is C14H18N2O4. The van der Waals surface area contributed by atoms with E-state index < -0.39 is 18.0 Å². The summed E-state index contributed by atoms with van der Waals surface area (Å²) in [4.78, 5) is 22.5. The summed E-state index contributed by atoms with van der Waals surface area (Å²) in [5.74, 6) is -0.439. The largest absolute Gasteiger partial charge is 0.496 e. The molecule has 1 aromatic rings. The highest BCUT2D eigenvalue weighted by Crippen LogP contribution is 2.16. The number of urea groups is 1. The third-order valence-corrected chi connectivity index (χ3v) is 2.64. The van der Waals surface area contributed by atoms with Gasteiger partial charge in [-0.2, -0.15) is 0 Å². The molecule has 1 atom stereocenters. The van der Waals surface area contributed by atoms with Gasteiger partial charge in [0.05, 0.1) is 7.11 Å². The lowest BCUT2D eigenvalue weighted by Crippen LogP contribution is -2.45. The van der Waals surface area contributed by atoms with Crippen LogP contribution < -0.4 is 15.4 Å². The fourth-order valence-electron chi connectivity index (χ4n) is 1.62. The van der Waals surface area contributed by atoms with E-state index in [4.69, 9.17) is 9.84 Å². The number of benzene rings is 1. The van der Waals surface area contributed by atoms with Crippen molar-refractivity contribution in [3.05, 3.63) is 42.5 Å². The molecular weight excluding hydrogens is 260 g/mol. The van der Waals surface area contributed by atoms with Crippen LogP contribution in [0.4, 0.5) is 4.79 Å². The van der Waals surface area contributed by atoms with Gasteiger partial charge in [0.2, 0.25) is 0 Å². The lowest BCUT2D eigenvalue weighted by molar-refractivity contribution is -0.139. The van der Waals surface area contributed by atoms with Gasteiger partial charge in [-0.3, -0.25) is 0 Å². The van der Waals surface area contributed by atoms with Gasteiger partial charge in [-0.15, -0.1) is 6.58 Å². The summed E-state index contributed by atoms with van der Waals surface area (Å²) in [6.45, 7) is 3.70. The zero-order valence-corrected chi connectivity index (χ0v) is 11.3. The fourth-order valence-corrected chi connectivity index (χ4v) is 1.62. The molecule has 0 bridgehead atoms. The number of hydrogen-bond acceptors (Lipinski definition) is 3. The second kappa shape index (κ2) is 7.83. The van der Waals surface area contributed by atoms with Gasteiger partial charge in [0, 0.05) is 12.1 Å². The summed E-state index contributed by atoms with van der Waals surface area (Å²) in [5, 5.41) is 13.9. The Morgan fingerprint density at radius 2 is 2.15 bits per heavy atom. The molecule has 0 saturated heterocycles. The zero-order chi connectivity index (χ0) is 15.0. The van der Waals surface area contributed by atoms with Crippen LogP contribution in [0.2, 0.25) is 0 Å². The summed E-state index contributed by atoms with van der Waals surface area (Å²) in [5.41, 5.74) is 0.806. The maximum atomic E-state index is 11.6. The summed E-state index contributed by atoms with van der Waals surface area (Å²) in [7, 11) is 1.55. The van der Waals surface area contributed by atoms with Crippen LogP contribution in [0.1, 0.15) is 12.0 Å². The van der Waals surface area contributed by atoms with Crippen molar-refractivity contribution in [2.75, 3.05) is 7.11 Å². The minimum atomic E-state index is -1.10. The molecule has 1 rings (SSSR count). The van der Waals surface area contributed by atoms with Crippen LogP contribution in [-0.4, -0.2) is 30.3 Å². The lowest BCUT2D eigenvalue weighted by atomic mass is 10.2. The molecule has 0 aliphatic rings. The lowest BCUT2D eigenvalue weighted by Gasteiger charge is -2.14. The second-order valence-corrected chi connectivity index (χ2v) is 4.05. The summed E-state index contributed by atoms with van der Waals surface area (Å²) in [6, 6.07) is 5.72. The molecule has 0 fully saturated rings. The van der Waals surface area contributed by atoms with E-state index in [0.29, 0.717) is 5.75 Å². The number of carbonyl (C=O) groups is 2. The van der Waals surface area contributed by atoms with Crippen LogP contribution in [0.3, 0.4) is 0 Å². The predicted molar refractivity (Wildman–Crippen MR) is 74.6 cm³/mol. The predicted octanol–water partition coefficient (Wildman–Crippen LogP) is 1.52. The number of ether oxygens (including phenoxy) is 1. The quantitative estimate of drug-likeness (QED) is 0.660. The number of carbonyl (C=O) groups excluding carboxylic acids is 1. The first-order valence-corrected chi connectivity index (χ1v) is 6.08. The molecule has 1 aromatic carbocycles. The van der Waals surface area contributed by atoms with Crippen molar-refractivity contribution in [1.29, 1.82) is 0 Å². The second-order valence-electron chi connectivity index (χ2n) is 4.05. The first kappa shape index (κ1) is 15.6. The zero-order valence-electron chi connectivity index (χ0n) is 11.3. The van der Waals surface area contributed by atoms with Crippen LogP contribution in [0.5, 0.6) is 5.75 Å². The molecule has 6 heteroatoms. The third kappa shape index (κ3) is 4.64. The molecule has 0 aliphatic heterocycles. The van der Waals surface area contributed by atoms with E-state index >= 15 is 0 Å². The van der Waals surface area contributed by atoms with Crippen LogP contribution in [0, 0.1) is 0 Å². The molecule has 0 aromatic heterocycles. The number of carboxylic acids is 1. The van der Waals surface area contributed by atoms with E-state index in [1.165, 1.54) is 6.08 Å². The van der Waals surface area contributed by atoms with E-state index in [1.807, 2.05) is 18.2 Å². The Morgan fingerprint density at radius 3 is 2.75 bits per heavy atom. The molecule has 0 spiro atoms. The molecule has 0 aliphatic carbocycles. The first-order valence-electron chi connectivity index (χ1n) is 6.08. The molecule has 6 nitrogen and oxygen atoms in total. The highest BCUT2D eigenvalue weighted by Gasteiger charge is 2.18. The Kier molecular flexibility index (Phi) is 6.09. The van der Waals surface area contributed by atoms with Crippen molar-refractivity contribution in [2.24, 2.45) is 0 Å². The third-order valence-electron chi connectivity index (χ3n) is 2.64. The Bertz CT molecular complexity index is 488. The fraction of sp³-hybridized carbons (Fsp3) is 0.286. The van der Waals surface area contributed by atoms with Gasteiger partial charge in [0.15, 0.2) is 0 Å². The van der Waals surface area contributed by atoms with Gasteiger partial charge in [-0.25, -0.2) is 9.59 Å². The van der Waals surface area contributed by atoms with Crippen LogP contribution >= 0.6 is 0 Å². The summed E-state index contributed by atoms with van der Waals surface area (Å²) in [6.07, 6.45) is 1.61. The van der Waals surface area contributed by atoms with Gasteiger partial charge >= 0.3 is 12.0 Å². The smallest absolute Gasteiger partial charge is 0.326 e. The summed E-state index contributed by atoms with van der Waals surface area (Å²) < 4.78 is 5.16. The maximum absolute atomic E-state index is 11.6. The number of nitrogens with one attached hydrogen (secondary N) is 2. The van der Waals surface area contributed by atoms with Crippen molar-refractivity contribution in [3.63, 3.8) is 0 Å².